The van der Waals surface area contributed by atoms with Gasteiger partial charge in [-0.1, -0.05) is 11.6 Å². The van der Waals surface area contributed by atoms with Gasteiger partial charge in [0.1, 0.15) is 12.1 Å². The van der Waals surface area contributed by atoms with Crippen LogP contribution in [-0.2, 0) is 0 Å². The van der Waals surface area contributed by atoms with Gasteiger partial charge in [-0.05, 0) is 29.8 Å². The fourth-order valence-electron chi connectivity index (χ4n) is 1.59. The van der Waals surface area contributed by atoms with Crippen molar-refractivity contribution >= 4 is 34.8 Å². The van der Waals surface area contributed by atoms with E-state index >= 15 is 0 Å². The van der Waals surface area contributed by atoms with Gasteiger partial charge in [0.05, 0.1) is 5.02 Å². The van der Waals surface area contributed by atoms with E-state index in [2.05, 4.69) is 25.3 Å². The van der Waals surface area contributed by atoms with Gasteiger partial charge >= 0.3 is 0 Å². The summed E-state index contributed by atoms with van der Waals surface area (Å²) in [6.07, 6.45) is 4.77. The third-order valence-corrected chi connectivity index (χ3v) is 2.98. The fourth-order valence-corrected chi connectivity index (χ4v) is 1.86. The molecule has 0 aliphatic heterocycles. The molecule has 0 unspecified atom stereocenters. The standard InChI is InChI=1S/C12H7Cl2FN6/c13-8-2-1-7(5-9(8)15)17-11-18-10(14)19-12(20-11)21-4-3-16-6-21/h1-6H,(H,17,18,19,20). The molecule has 0 saturated heterocycles. The number of nitrogens with zero attached hydrogens (tertiary/aromatic N) is 5. The number of imidazole rings is 1. The highest BCUT2D eigenvalue weighted by molar-refractivity contribution is 6.30. The summed E-state index contributed by atoms with van der Waals surface area (Å²) < 4.78 is 15.0. The molecule has 0 spiro atoms. The number of hydrogen-bond acceptors (Lipinski definition) is 5. The molecule has 0 aliphatic rings. The first-order valence-electron chi connectivity index (χ1n) is 5.74. The van der Waals surface area contributed by atoms with Gasteiger partial charge in [-0.2, -0.15) is 15.0 Å². The number of halogens is 3. The van der Waals surface area contributed by atoms with Crippen LogP contribution < -0.4 is 5.32 Å². The first-order valence-corrected chi connectivity index (χ1v) is 6.49. The van der Waals surface area contributed by atoms with Gasteiger partial charge in [-0.15, -0.1) is 0 Å². The summed E-state index contributed by atoms with van der Waals surface area (Å²) in [4.78, 5) is 16.0. The number of benzene rings is 1. The van der Waals surface area contributed by atoms with E-state index in [1.165, 1.54) is 18.5 Å². The normalized spacial score (nSPS) is 10.6. The number of anilines is 2. The van der Waals surface area contributed by atoms with Crippen LogP contribution in [0.5, 0.6) is 0 Å². The minimum Gasteiger partial charge on any atom is -0.324 e. The molecule has 106 valence electrons. The number of rotatable bonds is 3. The van der Waals surface area contributed by atoms with Gasteiger partial charge in [0.25, 0.3) is 0 Å². The average Bonchev–Trinajstić information content (AvgIpc) is 2.96. The second-order valence-electron chi connectivity index (χ2n) is 3.95. The summed E-state index contributed by atoms with van der Waals surface area (Å²) >= 11 is 11.5. The SMILES string of the molecule is Fc1cc(Nc2nc(Cl)nc(-n3ccnc3)n2)ccc1Cl. The Hall–Kier alpha value is -2.25. The van der Waals surface area contributed by atoms with Gasteiger partial charge in [-0.25, -0.2) is 9.37 Å². The van der Waals surface area contributed by atoms with Crippen LogP contribution >= 0.6 is 23.2 Å². The Morgan fingerprint density at radius 3 is 2.71 bits per heavy atom. The Morgan fingerprint density at radius 1 is 1.14 bits per heavy atom. The van der Waals surface area contributed by atoms with Crippen LogP contribution in [-0.4, -0.2) is 24.5 Å². The van der Waals surface area contributed by atoms with Crippen LogP contribution in [0.4, 0.5) is 16.0 Å². The van der Waals surface area contributed by atoms with Crippen LogP contribution in [0, 0.1) is 5.82 Å². The Balaban J connectivity index is 1.93. The molecule has 0 fully saturated rings. The lowest BCUT2D eigenvalue weighted by molar-refractivity contribution is 0.629. The quantitative estimate of drug-likeness (QED) is 0.800. The van der Waals surface area contributed by atoms with Crippen molar-refractivity contribution in [2.45, 2.75) is 0 Å². The van der Waals surface area contributed by atoms with Crippen molar-refractivity contribution in [3.8, 4) is 5.95 Å². The monoisotopic (exact) mass is 324 g/mol. The summed E-state index contributed by atoms with van der Waals surface area (Å²) in [7, 11) is 0. The summed E-state index contributed by atoms with van der Waals surface area (Å²) in [6.45, 7) is 0. The van der Waals surface area contributed by atoms with E-state index in [4.69, 9.17) is 23.2 Å². The third-order valence-electron chi connectivity index (χ3n) is 2.51. The van der Waals surface area contributed by atoms with Crippen molar-refractivity contribution in [1.82, 2.24) is 24.5 Å². The molecule has 6 nitrogen and oxygen atoms in total. The van der Waals surface area contributed by atoms with Crippen molar-refractivity contribution in [3.63, 3.8) is 0 Å². The molecule has 9 heteroatoms. The van der Waals surface area contributed by atoms with Crippen molar-refractivity contribution in [2.75, 3.05) is 5.32 Å². The maximum Gasteiger partial charge on any atom is 0.241 e. The molecule has 0 atom stereocenters. The van der Waals surface area contributed by atoms with Crippen LogP contribution in [0.25, 0.3) is 5.95 Å². The van der Waals surface area contributed by atoms with E-state index in [-0.39, 0.29) is 16.3 Å². The Morgan fingerprint density at radius 2 is 2.00 bits per heavy atom. The van der Waals surface area contributed by atoms with E-state index in [0.717, 1.165) is 0 Å². The highest BCUT2D eigenvalue weighted by Gasteiger charge is 2.08. The van der Waals surface area contributed by atoms with Crippen LogP contribution in [0.15, 0.2) is 36.9 Å². The fraction of sp³-hybridized carbons (Fsp3) is 0. The van der Waals surface area contributed by atoms with Crippen molar-refractivity contribution in [3.05, 3.63) is 53.0 Å². The largest absolute Gasteiger partial charge is 0.324 e. The van der Waals surface area contributed by atoms with Gasteiger partial charge in [0, 0.05) is 18.1 Å². The zero-order valence-corrected chi connectivity index (χ0v) is 11.8. The predicted molar refractivity (Wildman–Crippen MR) is 76.7 cm³/mol. The van der Waals surface area contributed by atoms with E-state index in [1.54, 1.807) is 23.0 Å². The molecule has 3 aromatic rings. The molecule has 0 radical (unpaired) electrons. The molecule has 0 amide bonds. The smallest absolute Gasteiger partial charge is 0.241 e. The Bertz CT molecular complexity index is 777. The molecule has 1 N–H and O–H groups in total. The molecule has 2 aromatic heterocycles. The average molecular weight is 325 g/mol. The second kappa shape index (κ2) is 5.63. The van der Waals surface area contributed by atoms with Crippen molar-refractivity contribution < 1.29 is 4.39 Å². The lowest BCUT2D eigenvalue weighted by Gasteiger charge is -2.07. The maximum absolute atomic E-state index is 13.4. The summed E-state index contributed by atoms with van der Waals surface area (Å²) in [5, 5.41) is 2.88. The van der Waals surface area contributed by atoms with Gasteiger partial charge in [-0.3, -0.25) is 4.57 Å². The number of nitrogens with one attached hydrogen (secondary N) is 1. The highest BCUT2D eigenvalue weighted by atomic mass is 35.5. The molecular formula is C12H7Cl2FN6. The second-order valence-corrected chi connectivity index (χ2v) is 4.70. The van der Waals surface area contributed by atoms with E-state index < -0.39 is 5.82 Å². The molecule has 0 saturated carbocycles. The van der Waals surface area contributed by atoms with E-state index in [1.807, 2.05) is 0 Å². The molecule has 21 heavy (non-hydrogen) atoms. The molecule has 0 bridgehead atoms. The maximum atomic E-state index is 13.4. The zero-order chi connectivity index (χ0) is 14.8. The van der Waals surface area contributed by atoms with Crippen LogP contribution in [0.2, 0.25) is 10.3 Å². The Kier molecular flexibility index (Phi) is 3.68. The summed E-state index contributed by atoms with van der Waals surface area (Å²) in [5.41, 5.74) is 0.441. The molecule has 1 aromatic carbocycles. The van der Waals surface area contributed by atoms with Gasteiger partial charge < -0.3 is 5.32 Å². The minimum atomic E-state index is -0.545. The predicted octanol–water partition coefficient (Wildman–Crippen LogP) is 3.25. The van der Waals surface area contributed by atoms with Gasteiger partial charge in [0.15, 0.2) is 0 Å². The molecule has 3 rings (SSSR count). The summed E-state index contributed by atoms with van der Waals surface area (Å²) in [5.74, 6) is -0.0680. The zero-order valence-electron chi connectivity index (χ0n) is 10.3. The van der Waals surface area contributed by atoms with E-state index in [0.29, 0.717) is 11.6 Å². The summed E-state index contributed by atoms with van der Waals surface area (Å²) in [6, 6.07) is 4.26. The lowest BCUT2D eigenvalue weighted by Crippen LogP contribution is -2.05. The molecular weight excluding hydrogens is 318 g/mol. The van der Waals surface area contributed by atoms with E-state index in [9.17, 15) is 4.39 Å². The lowest BCUT2D eigenvalue weighted by atomic mass is 10.3. The highest BCUT2D eigenvalue weighted by Crippen LogP contribution is 2.21. The van der Waals surface area contributed by atoms with Crippen molar-refractivity contribution in [1.29, 1.82) is 0 Å². The van der Waals surface area contributed by atoms with Crippen LogP contribution in [0.3, 0.4) is 0 Å². The van der Waals surface area contributed by atoms with Crippen LogP contribution in [0.1, 0.15) is 0 Å². The van der Waals surface area contributed by atoms with Gasteiger partial charge in [0.2, 0.25) is 17.2 Å². The number of hydrogen-bond donors (Lipinski definition) is 1. The van der Waals surface area contributed by atoms with Crippen molar-refractivity contribution in [2.24, 2.45) is 0 Å². The minimum absolute atomic E-state index is 0.00522. The third kappa shape index (κ3) is 3.09. The molecule has 2 heterocycles. The first-order chi connectivity index (χ1) is 10.1. The first kappa shape index (κ1) is 13.7. The Labute approximate surface area is 128 Å². The topological polar surface area (TPSA) is 68.5 Å². The molecule has 0 aliphatic carbocycles. The number of aromatic nitrogens is 5.